The zero-order chi connectivity index (χ0) is 11.7. The molecule has 2 heterocycles. The predicted octanol–water partition coefficient (Wildman–Crippen LogP) is 2.74. The second-order valence-electron chi connectivity index (χ2n) is 4.45. The number of benzene rings is 1. The molecule has 0 fully saturated rings. The summed E-state index contributed by atoms with van der Waals surface area (Å²) in [6.45, 7) is 0. The molecule has 0 spiro atoms. The number of hydrogen-bond donors (Lipinski definition) is 2. The van der Waals surface area contributed by atoms with Crippen molar-refractivity contribution in [3.63, 3.8) is 0 Å². The molecule has 17 heavy (non-hydrogen) atoms. The Kier molecular flexibility index (Phi) is 2.61. The number of anilines is 1. The third-order valence-corrected chi connectivity index (χ3v) is 3.35. The fourth-order valence-corrected chi connectivity index (χ4v) is 2.37. The molecule has 0 saturated heterocycles. The number of aliphatic hydroxyl groups excluding tert-OH is 1. The van der Waals surface area contributed by atoms with Gasteiger partial charge in [0.05, 0.1) is 18.6 Å². The lowest BCUT2D eigenvalue weighted by Crippen LogP contribution is -2.31. The minimum Gasteiger partial charge on any atom is -0.472 e. The Hall–Kier alpha value is -1.74. The lowest BCUT2D eigenvalue weighted by Gasteiger charge is -2.30. The lowest BCUT2D eigenvalue weighted by atomic mass is 9.93. The summed E-state index contributed by atoms with van der Waals surface area (Å²) in [7, 11) is 0. The average Bonchev–Trinajstić information content (AvgIpc) is 2.91. The lowest BCUT2D eigenvalue weighted by molar-refractivity contribution is 0.148. The Morgan fingerprint density at radius 2 is 2.18 bits per heavy atom. The summed E-state index contributed by atoms with van der Waals surface area (Å²) in [5.74, 6) is 0. The van der Waals surface area contributed by atoms with Crippen LogP contribution in [-0.2, 0) is 6.42 Å². The highest BCUT2D eigenvalue weighted by Crippen LogP contribution is 2.30. The summed E-state index contributed by atoms with van der Waals surface area (Å²) in [6.07, 6.45) is 4.62. The van der Waals surface area contributed by atoms with Gasteiger partial charge in [-0.2, -0.15) is 0 Å². The molecule has 0 amide bonds. The van der Waals surface area contributed by atoms with Gasteiger partial charge in [-0.3, -0.25) is 0 Å². The summed E-state index contributed by atoms with van der Waals surface area (Å²) in [5, 5.41) is 13.6. The molecule has 1 aromatic carbocycles. The van der Waals surface area contributed by atoms with Crippen LogP contribution < -0.4 is 5.32 Å². The van der Waals surface area contributed by atoms with Crippen molar-refractivity contribution in [3.8, 4) is 0 Å². The monoisotopic (exact) mass is 229 g/mol. The molecule has 1 aliphatic heterocycles. The van der Waals surface area contributed by atoms with Gasteiger partial charge in [-0.1, -0.05) is 18.2 Å². The van der Waals surface area contributed by atoms with E-state index in [1.54, 1.807) is 12.5 Å². The molecule has 2 unspecified atom stereocenters. The van der Waals surface area contributed by atoms with E-state index in [0.717, 1.165) is 24.1 Å². The van der Waals surface area contributed by atoms with E-state index in [1.165, 1.54) is 5.56 Å². The summed E-state index contributed by atoms with van der Waals surface area (Å²) in [6, 6.07) is 10.1. The van der Waals surface area contributed by atoms with E-state index >= 15 is 0 Å². The van der Waals surface area contributed by atoms with Gasteiger partial charge in [0.2, 0.25) is 0 Å². The van der Waals surface area contributed by atoms with E-state index in [1.807, 2.05) is 18.2 Å². The van der Waals surface area contributed by atoms with E-state index in [2.05, 4.69) is 17.4 Å². The van der Waals surface area contributed by atoms with Gasteiger partial charge in [-0.15, -0.1) is 0 Å². The highest BCUT2D eigenvalue weighted by atomic mass is 16.3. The third-order valence-electron chi connectivity index (χ3n) is 3.35. The second-order valence-corrected chi connectivity index (χ2v) is 4.45. The van der Waals surface area contributed by atoms with Crippen molar-refractivity contribution in [2.45, 2.75) is 25.0 Å². The number of furan rings is 1. The molecule has 3 nitrogen and oxygen atoms in total. The molecule has 2 aromatic rings. The third kappa shape index (κ3) is 1.94. The number of rotatable bonds is 2. The maximum atomic E-state index is 10.2. The molecule has 88 valence electrons. The van der Waals surface area contributed by atoms with Crippen LogP contribution in [0.15, 0.2) is 47.3 Å². The normalized spacial score (nSPS) is 20.4. The smallest absolute Gasteiger partial charge is 0.102 e. The van der Waals surface area contributed by atoms with Crippen molar-refractivity contribution in [2.24, 2.45) is 0 Å². The van der Waals surface area contributed by atoms with Gasteiger partial charge in [-0.05, 0) is 30.5 Å². The number of hydrogen-bond acceptors (Lipinski definition) is 3. The number of fused-ring (bicyclic) bond motifs is 1. The molecule has 3 heteroatoms. The summed E-state index contributed by atoms with van der Waals surface area (Å²) < 4.78 is 5.01. The van der Waals surface area contributed by atoms with Gasteiger partial charge in [0.1, 0.15) is 6.10 Å². The zero-order valence-corrected chi connectivity index (χ0v) is 9.47. The minimum atomic E-state index is -0.512. The largest absolute Gasteiger partial charge is 0.472 e. The van der Waals surface area contributed by atoms with Gasteiger partial charge < -0.3 is 14.8 Å². The topological polar surface area (TPSA) is 45.4 Å². The molecular formula is C14H15NO2. The highest BCUT2D eigenvalue weighted by Gasteiger charge is 2.25. The Morgan fingerprint density at radius 1 is 1.29 bits per heavy atom. The van der Waals surface area contributed by atoms with Gasteiger partial charge in [0.15, 0.2) is 0 Å². The maximum Gasteiger partial charge on any atom is 0.102 e. The molecular weight excluding hydrogens is 214 g/mol. The fraction of sp³-hybridized carbons (Fsp3) is 0.286. The average molecular weight is 229 g/mol. The molecule has 3 rings (SSSR count). The molecule has 0 bridgehead atoms. The Labute approximate surface area is 100 Å². The fourth-order valence-electron chi connectivity index (χ4n) is 2.37. The van der Waals surface area contributed by atoms with E-state index in [-0.39, 0.29) is 6.04 Å². The van der Waals surface area contributed by atoms with E-state index in [9.17, 15) is 5.11 Å². The van der Waals surface area contributed by atoms with Crippen molar-refractivity contribution in [3.05, 3.63) is 54.0 Å². The van der Waals surface area contributed by atoms with Crippen LogP contribution in [0.3, 0.4) is 0 Å². The zero-order valence-electron chi connectivity index (χ0n) is 9.47. The molecule has 1 aromatic heterocycles. The number of aryl methyl sites for hydroxylation is 1. The van der Waals surface area contributed by atoms with Crippen LogP contribution in [0.1, 0.15) is 23.7 Å². The molecule has 0 saturated carbocycles. The summed E-state index contributed by atoms with van der Waals surface area (Å²) in [5.41, 5.74) is 3.29. The Morgan fingerprint density at radius 3 is 3.00 bits per heavy atom. The molecule has 0 radical (unpaired) electrons. The van der Waals surface area contributed by atoms with Crippen LogP contribution in [0.25, 0.3) is 0 Å². The quantitative estimate of drug-likeness (QED) is 0.832. The molecule has 2 atom stereocenters. The van der Waals surface area contributed by atoms with Crippen LogP contribution in [0.2, 0.25) is 0 Å². The van der Waals surface area contributed by atoms with Crippen molar-refractivity contribution >= 4 is 5.69 Å². The van der Waals surface area contributed by atoms with Crippen LogP contribution in [0.5, 0.6) is 0 Å². The molecule has 1 aliphatic rings. The number of para-hydroxylation sites is 1. The summed E-state index contributed by atoms with van der Waals surface area (Å²) >= 11 is 0. The number of nitrogens with one attached hydrogen (secondary N) is 1. The van der Waals surface area contributed by atoms with Crippen LogP contribution >= 0.6 is 0 Å². The first-order chi connectivity index (χ1) is 8.34. The Bertz CT molecular complexity index is 493. The van der Waals surface area contributed by atoms with E-state index < -0.39 is 6.10 Å². The van der Waals surface area contributed by atoms with Crippen molar-refractivity contribution < 1.29 is 9.52 Å². The Balaban J connectivity index is 1.80. The first-order valence-corrected chi connectivity index (χ1v) is 5.89. The molecule has 2 N–H and O–H groups in total. The van der Waals surface area contributed by atoms with E-state index in [4.69, 9.17) is 4.42 Å². The van der Waals surface area contributed by atoms with Crippen LogP contribution in [-0.4, -0.2) is 11.1 Å². The standard InChI is InChI=1S/C14H15NO2/c16-14(11-7-8-17-9-11)13-6-5-10-3-1-2-4-12(10)15-13/h1-4,7-9,13-16H,5-6H2. The van der Waals surface area contributed by atoms with Crippen LogP contribution in [0.4, 0.5) is 5.69 Å². The van der Waals surface area contributed by atoms with Gasteiger partial charge >= 0.3 is 0 Å². The van der Waals surface area contributed by atoms with Crippen LogP contribution in [0, 0.1) is 0 Å². The van der Waals surface area contributed by atoms with Crippen molar-refractivity contribution in [1.82, 2.24) is 0 Å². The number of aliphatic hydroxyl groups is 1. The SMILES string of the molecule is OC(c1ccoc1)C1CCc2ccccc2N1. The van der Waals surface area contributed by atoms with Gasteiger partial charge in [0.25, 0.3) is 0 Å². The first kappa shape index (κ1) is 10.4. The van der Waals surface area contributed by atoms with E-state index in [0.29, 0.717) is 0 Å². The minimum absolute atomic E-state index is 0.0579. The highest BCUT2D eigenvalue weighted by molar-refractivity contribution is 5.54. The van der Waals surface area contributed by atoms with Crippen molar-refractivity contribution in [2.75, 3.05) is 5.32 Å². The second kappa shape index (κ2) is 4.26. The van der Waals surface area contributed by atoms with Gasteiger partial charge in [-0.25, -0.2) is 0 Å². The van der Waals surface area contributed by atoms with Crippen molar-refractivity contribution in [1.29, 1.82) is 0 Å². The molecule has 0 aliphatic carbocycles. The first-order valence-electron chi connectivity index (χ1n) is 5.89. The maximum absolute atomic E-state index is 10.2. The summed E-state index contributed by atoms with van der Waals surface area (Å²) in [4.78, 5) is 0. The van der Waals surface area contributed by atoms with Gasteiger partial charge in [0, 0.05) is 11.3 Å². The predicted molar refractivity (Wildman–Crippen MR) is 65.8 cm³/mol.